The number of β-amino-alcohol motifs (C(OH)–C–C–N with tert-alkyl or cyclic N) is 1. The molecule has 8 rings (SSSR count). The molecular formula is C31H33N9O2S. The minimum Gasteiger partial charge on any atom is -0.389 e. The number of thiazole rings is 1. The van der Waals surface area contributed by atoms with Crippen molar-refractivity contribution in [1.82, 2.24) is 29.5 Å². The lowest BCUT2D eigenvalue weighted by atomic mass is 9.79. The summed E-state index contributed by atoms with van der Waals surface area (Å²) in [5.74, 6) is 0.951. The number of hydrogen-bond acceptors (Lipinski definition) is 9. The molecule has 6 heterocycles. The van der Waals surface area contributed by atoms with Gasteiger partial charge in [0.05, 0.1) is 42.5 Å². The van der Waals surface area contributed by atoms with Crippen molar-refractivity contribution in [1.29, 1.82) is 5.26 Å². The van der Waals surface area contributed by atoms with Crippen molar-refractivity contribution < 1.29 is 9.90 Å². The molecule has 4 fully saturated rings. The van der Waals surface area contributed by atoms with E-state index in [1.165, 1.54) is 11.3 Å². The molecule has 1 aromatic carbocycles. The molecule has 4 aromatic rings. The number of carbonyl (C=O) groups excluding carboxylic acids is 1. The first-order valence-corrected chi connectivity index (χ1v) is 15.7. The number of nitrogens with zero attached hydrogens (tertiary/aromatic N) is 9. The summed E-state index contributed by atoms with van der Waals surface area (Å²) in [5, 5.41) is 26.1. The molecule has 4 aliphatic rings. The second-order valence-electron chi connectivity index (χ2n) is 12.6. The summed E-state index contributed by atoms with van der Waals surface area (Å²) in [4.78, 5) is 31.1. The number of carbonyl (C=O) groups is 1. The lowest BCUT2D eigenvalue weighted by Crippen LogP contribution is -2.66. The summed E-state index contributed by atoms with van der Waals surface area (Å²) in [7, 11) is 2.00. The Bertz CT molecular complexity index is 1780. The van der Waals surface area contributed by atoms with Crippen molar-refractivity contribution in [2.75, 3.05) is 56.1 Å². The van der Waals surface area contributed by atoms with Gasteiger partial charge in [0, 0.05) is 44.2 Å². The number of pyridine rings is 1. The number of amides is 2. The monoisotopic (exact) mass is 595 g/mol. The molecule has 1 N–H and O–H groups in total. The Balaban J connectivity index is 1.07. The number of rotatable bonds is 5. The van der Waals surface area contributed by atoms with Crippen LogP contribution in [0, 0.1) is 23.7 Å². The van der Waals surface area contributed by atoms with Crippen LogP contribution in [-0.4, -0.2) is 93.1 Å². The van der Waals surface area contributed by atoms with Crippen molar-refractivity contribution in [2.24, 2.45) is 5.41 Å². The van der Waals surface area contributed by atoms with Gasteiger partial charge in [-0.3, -0.25) is 0 Å². The molecule has 2 amide bonds. The minimum absolute atomic E-state index is 0.0462. The smallest absolute Gasteiger partial charge is 0.320 e. The van der Waals surface area contributed by atoms with Crippen LogP contribution in [0.4, 0.5) is 21.4 Å². The molecular weight excluding hydrogens is 562 g/mol. The molecule has 11 nitrogen and oxygen atoms in total. The second kappa shape index (κ2) is 9.65. The number of aliphatic hydroxyl groups is 1. The van der Waals surface area contributed by atoms with Crippen LogP contribution < -0.4 is 9.80 Å². The van der Waals surface area contributed by atoms with Gasteiger partial charge in [-0.05, 0) is 32.3 Å². The van der Waals surface area contributed by atoms with Crippen molar-refractivity contribution in [3.8, 4) is 17.3 Å². The van der Waals surface area contributed by atoms with Gasteiger partial charge < -0.3 is 24.7 Å². The largest absolute Gasteiger partial charge is 0.389 e. The van der Waals surface area contributed by atoms with Crippen molar-refractivity contribution in [2.45, 2.75) is 38.3 Å². The topological polar surface area (TPSA) is 118 Å². The van der Waals surface area contributed by atoms with Gasteiger partial charge in [0.15, 0.2) is 10.8 Å². The number of aliphatic hydroxyl groups excluding tert-OH is 1. The fourth-order valence-electron chi connectivity index (χ4n) is 6.69. The first-order chi connectivity index (χ1) is 20.8. The maximum absolute atomic E-state index is 12.7. The van der Waals surface area contributed by atoms with Gasteiger partial charge >= 0.3 is 6.03 Å². The molecule has 12 heteroatoms. The van der Waals surface area contributed by atoms with Crippen molar-refractivity contribution in [3.05, 3.63) is 47.0 Å². The van der Waals surface area contributed by atoms with Crippen LogP contribution in [0.5, 0.6) is 0 Å². The Hall–Kier alpha value is -4.21. The third-order valence-electron chi connectivity index (χ3n) is 9.31. The molecule has 0 unspecified atom stereocenters. The highest BCUT2D eigenvalue weighted by atomic mass is 32.1. The first kappa shape index (κ1) is 26.4. The molecule has 1 spiro atoms. The molecule has 0 atom stereocenters. The predicted octanol–water partition coefficient (Wildman–Crippen LogP) is 4.15. The van der Waals surface area contributed by atoms with E-state index in [0.29, 0.717) is 35.3 Å². The highest BCUT2D eigenvalue weighted by Crippen LogP contribution is 2.46. The molecule has 3 aromatic heterocycles. The fraction of sp³-hybridized carbons (Fsp3) is 0.452. The van der Waals surface area contributed by atoms with E-state index in [-0.39, 0.29) is 17.6 Å². The Morgan fingerprint density at radius 1 is 1.16 bits per heavy atom. The zero-order valence-electron chi connectivity index (χ0n) is 24.3. The van der Waals surface area contributed by atoms with E-state index in [9.17, 15) is 15.2 Å². The van der Waals surface area contributed by atoms with Gasteiger partial charge in [0.2, 0.25) is 0 Å². The van der Waals surface area contributed by atoms with Crippen LogP contribution in [0.1, 0.15) is 35.7 Å². The van der Waals surface area contributed by atoms with Gasteiger partial charge in [-0.15, -0.1) is 0 Å². The Kier molecular flexibility index (Phi) is 5.93. The lowest BCUT2D eigenvalue weighted by Gasteiger charge is -2.51. The molecule has 43 heavy (non-hydrogen) atoms. The van der Waals surface area contributed by atoms with Crippen LogP contribution >= 0.6 is 11.3 Å². The molecule has 220 valence electrons. The highest BCUT2D eigenvalue weighted by Gasteiger charge is 2.51. The van der Waals surface area contributed by atoms with E-state index < -0.39 is 0 Å². The third-order valence-corrected chi connectivity index (χ3v) is 10.3. The first-order valence-electron chi connectivity index (χ1n) is 14.9. The number of anilines is 3. The van der Waals surface area contributed by atoms with E-state index in [4.69, 9.17) is 15.1 Å². The van der Waals surface area contributed by atoms with Gasteiger partial charge in [-0.1, -0.05) is 41.2 Å². The van der Waals surface area contributed by atoms with Crippen LogP contribution in [0.2, 0.25) is 0 Å². The number of nitriles is 1. The zero-order chi connectivity index (χ0) is 29.5. The standard InChI is InChI=1S/C31H33N9O2S/c1-19-3-5-20(6-4-19)26-25(12-32)43-29(34-26)36(2)28-24-11-22(13-33-27(24)35-40(28)21-7-8-21)37-10-9-31(16-37)17-39(18-31)30(42)38-14-23(41)15-38/h3-6,11,13,21,23,41H,7-10,14-18H2,1-2H3. The van der Waals surface area contributed by atoms with Gasteiger partial charge in [0.25, 0.3) is 0 Å². The van der Waals surface area contributed by atoms with Crippen molar-refractivity contribution >= 4 is 45.0 Å². The summed E-state index contributed by atoms with van der Waals surface area (Å²) in [6.45, 7) is 6.24. The molecule has 0 radical (unpaired) electrons. The predicted molar refractivity (Wildman–Crippen MR) is 165 cm³/mol. The highest BCUT2D eigenvalue weighted by molar-refractivity contribution is 7.16. The quantitative estimate of drug-likeness (QED) is 0.366. The van der Waals surface area contributed by atoms with E-state index in [1.54, 1.807) is 4.90 Å². The molecule has 1 saturated carbocycles. The summed E-state index contributed by atoms with van der Waals surface area (Å²) >= 11 is 1.40. The number of aromatic nitrogens is 4. The summed E-state index contributed by atoms with van der Waals surface area (Å²) < 4.78 is 2.09. The number of urea groups is 1. The lowest BCUT2D eigenvalue weighted by molar-refractivity contribution is -0.0161. The summed E-state index contributed by atoms with van der Waals surface area (Å²) in [6.07, 6.45) is 4.74. The number of benzene rings is 1. The Morgan fingerprint density at radius 3 is 2.63 bits per heavy atom. The van der Waals surface area contributed by atoms with E-state index in [0.717, 1.165) is 78.6 Å². The minimum atomic E-state index is -0.379. The van der Waals surface area contributed by atoms with Crippen molar-refractivity contribution in [3.63, 3.8) is 0 Å². The second-order valence-corrected chi connectivity index (χ2v) is 13.6. The number of fused-ring (bicyclic) bond motifs is 1. The van der Waals surface area contributed by atoms with Crippen LogP contribution in [0.15, 0.2) is 36.5 Å². The maximum Gasteiger partial charge on any atom is 0.320 e. The third kappa shape index (κ3) is 4.41. The van der Waals surface area contributed by atoms with E-state index >= 15 is 0 Å². The Labute approximate surface area is 253 Å². The molecule has 0 bridgehead atoms. The van der Waals surface area contributed by atoms with E-state index in [1.807, 2.05) is 49.3 Å². The summed E-state index contributed by atoms with van der Waals surface area (Å²) in [6, 6.07) is 13.1. The molecule has 3 aliphatic heterocycles. The fourth-order valence-corrected chi connectivity index (χ4v) is 7.54. The Morgan fingerprint density at radius 2 is 1.93 bits per heavy atom. The molecule has 3 saturated heterocycles. The van der Waals surface area contributed by atoms with Gasteiger partial charge in [-0.25, -0.2) is 19.4 Å². The molecule has 1 aliphatic carbocycles. The number of aryl methyl sites for hydroxylation is 1. The maximum atomic E-state index is 12.7. The summed E-state index contributed by atoms with van der Waals surface area (Å²) in [5.41, 5.74) is 4.67. The van der Waals surface area contributed by atoms with Crippen LogP contribution in [0.3, 0.4) is 0 Å². The van der Waals surface area contributed by atoms with Crippen LogP contribution in [0.25, 0.3) is 22.3 Å². The number of likely N-dealkylation sites (tertiary alicyclic amines) is 2. The zero-order valence-corrected chi connectivity index (χ0v) is 25.1. The normalized spacial score (nSPS) is 19.5. The SMILES string of the molecule is Cc1ccc(-c2nc(N(C)c3c4cc(N5CCC6(CN(C(=O)N7CC(O)C7)C6)C5)cnc4nn3C3CC3)sc2C#N)cc1. The average molecular weight is 596 g/mol. The van der Waals surface area contributed by atoms with Gasteiger partial charge in [-0.2, -0.15) is 10.4 Å². The van der Waals surface area contributed by atoms with E-state index in [2.05, 4.69) is 26.6 Å². The van der Waals surface area contributed by atoms with Crippen LogP contribution in [-0.2, 0) is 0 Å². The average Bonchev–Trinajstić information content (AvgIpc) is 3.40. The number of hydrogen-bond donors (Lipinski definition) is 1. The van der Waals surface area contributed by atoms with Gasteiger partial charge in [0.1, 0.15) is 22.5 Å².